The van der Waals surface area contributed by atoms with Gasteiger partial charge in [-0.3, -0.25) is 0 Å². The minimum absolute atomic E-state index is 0.629. The van der Waals surface area contributed by atoms with Crippen molar-refractivity contribution in [2.45, 2.75) is 31.5 Å². The number of methoxy groups -OCH3 is 1. The van der Waals surface area contributed by atoms with Crippen molar-refractivity contribution >= 4 is 15.9 Å². The summed E-state index contributed by atoms with van der Waals surface area (Å²) in [4.78, 5) is 0.629. The van der Waals surface area contributed by atoms with Gasteiger partial charge in [0, 0.05) is 18.5 Å². The molecule has 0 aromatic heterocycles. The normalized spacial score (nSPS) is 16.8. The SMILES string of the molecule is COCCCC(C)C(C)Br. The van der Waals surface area contributed by atoms with Crippen LogP contribution < -0.4 is 0 Å². The van der Waals surface area contributed by atoms with Crippen LogP contribution in [-0.2, 0) is 4.74 Å². The van der Waals surface area contributed by atoms with Gasteiger partial charge in [0.2, 0.25) is 0 Å². The Morgan fingerprint density at radius 3 is 2.40 bits per heavy atom. The predicted octanol–water partition coefficient (Wildman–Crippen LogP) is 2.83. The van der Waals surface area contributed by atoms with Crippen LogP contribution in [-0.4, -0.2) is 18.5 Å². The van der Waals surface area contributed by atoms with Crippen molar-refractivity contribution in [3.05, 3.63) is 0 Å². The first-order chi connectivity index (χ1) is 4.68. The van der Waals surface area contributed by atoms with Crippen LogP contribution in [0.3, 0.4) is 0 Å². The zero-order valence-corrected chi connectivity index (χ0v) is 8.65. The highest BCUT2D eigenvalue weighted by atomic mass is 79.9. The standard InChI is InChI=1S/C8H17BrO/c1-7(8(2)9)5-4-6-10-3/h7-8H,4-6H2,1-3H3. The molecule has 0 bridgehead atoms. The maximum Gasteiger partial charge on any atom is 0.0462 e. The van der Waals surface area contributed by atoms with E-state index in [1.807, 2.05) is 0 Å². The van der Waals surface area contributed by atoms with Gasteiger partial charge >= 0.3 is 0 Å². The number of ether oxygens (including phenoxy) is 1. The Labute approximate surface area is 72.3 Å². The Balaban J connectivity index is 3.13. The van der Waals surface area contributed by atoms with Gasteiger partial charge in [0.1, 0.15) is 0 Å². The van der Waals surface area contributed by atoms with Crippen molar-refractivity contribution in [1.82, 2.24) is 0 Å². The molecule has 0 aliphatic rings. The van der Waals surface area contributed by atoms with Gasteiger partial charge in [-0.05, 0) is 18.8 Å². The lowest BCUT2D eigenvalue weighted by molar-refractivity contribution is 0.188. The zero-order chi connectivity index (χ0) is 7.98. The second-order valence-electron chi connectivity index (χ2n) is 2.79. The lowest BCUT2D eigenvalue weighted by Crippen LogP contribution is -2.07. The van der Waals surface area contributed by atoms with Crippen molar-refractivity contribution in [2.75, 3.05) is 13.7 Å². The number of alkyl halides is 1. The molecule has 0 saturated carbocycles. The molecule has 0 amide bonds. The van der Waals surface area contributed by atoms with Gasteiger partial charge in [-0.15, -0.1) is 0 Å². The van der Waals surface area contributed by atoms with Gasteiger partial charge in [0.05, 0.1) is 0 Å². The smallest absolute Gasteiger partial charge is 0.0462 e. The van der Waals surface area contributed by atoms with Crippen molar-refractivity contribution in [3.63, 3.8) is 0 Å². The quantitative estimate of drug-likeness (QED) is 0.499. The van der Waals surface area contributed by atoms with Crippen LogP contribution in [0.4, 0.5) is 0 Å². The minimum Gasteiger partial charge on any atom is -0.385 e. The summed E-state index contributed by atoms with van der Waals surface area (Å²) in [7, 11) is 1.75. The number of hydrogen-bond acceptors (Lipinski definition) is 1. The maximum atomic E-state index is 4.96. The van der Waals surface area contributed by atoms with Gasteiger partial charge in [-0.2, -0.15) is 0 Å². The average Bonchev–Trinajstić information content (AvgIpc) is 1.88. The van der Waals surface area contributed by atoms with E-state index in [1.54, 1.807) is 7.11 Å². The van der Waals surface area contributed by atoms with E-state index < -0.39 is 0 Å². The Hall–Kier alpha value is 0.440. The highest BCUT2D eigenvalue weighted by Gasteiger charge is 2.06. The molecule has 0 radical (unpaired) electrons. The molecule has 0 aromatic carbocycles. The summed E-state index contributed by atoms with van der Waals surface area (Å²) in [5.74, 6) is 0.759. The van der Waals surface area contributed by atoms with E-state index in [1.165, 1.54) is 12.8 Å². The lowest BCUT2D eigenvalue weighted by Gasteiger charge is -2.12. The molecule has 0 aliphatic carbocycles. The van der Waals surface area contributed by atoms with Gasteiger partial charge < -0.3 is 4.74 Å². The van der Waals surface area contributed by atoms with E-state index >= 15 is 0 Å². The maximum absolute atomic E-state index is 4.96. The first-order valence-corrected chi connectivity index (χ1v) is 4.73. The molecule has 2 unspecified atom stereocenters. The fourth-order valence-corrected chi connectivity index (χ4v) is 1.04. The fourth-order valence-electron chi connectivity index (χ4n) is 0.779. The topological polar surface area (TPSA) is 9.23 Å². The molecule has 0 rings (SSSR count). The molecule has 62 valence electrons. The van der Waals surface area contributed by atoms with Crippen molar-refractivity contribution in [3.8, 4) is 0 Å². The highest BCUT2D eigenvalue weighted by molar-refractivity contribution is 9.09. The second kappa shape index (κ2) is 6.17. The monoisotopic (exact) mass is 208 g/mol. The Morgan fingerprint density at radius 2 is 2.00 bits per heavy atom. The second-order valence-corrected chi connectivity index (χ2v) is 4.23. The third-order valence-electron chi connectivity index (χ3n) is 1.79. The van der Waals surface area contributed by atoms with Crippen molar-refractivity contribution < 1.29 is 4.74 Å². The molecular formula is C8H17BrO. The third-order valence-corrected chi connectivity index (χ3v) is 2.69. The molecule has 2 heteroatoms. The molecule has 0 fully saturated rings. The lowest BCUT2D eigenvalue weighted by atomic mass is 10.0. The molecule has 0 N–H and O–H groups in total. The Kier molecular flexibility index (Phi) is 6.44. The van der Waals surface area contributed by atoms with Crippen LogP contribution in [0.5, 0.6) is 0 Å². The average molecular weight is 209 g/mol. The van der Waals surface area contributed by atoms with Gasteiger partial charge in [-0.25, -0.2) is 0 Å². The Bertz CT molecular complexity index is 73.7. The third kappa shape index (κ3) is 5.24. The number of rotatable bonds is 5. The predicted molar refractivity (Wildman–Crippen MR) is 48.7 cm³/mol. The van der Waals surface area contributed by atoms with E-state index in [-0.39, 0.29) is 0 Å². The molecule has 0 spiro atoms. The van der Waals surface area contributed by atoms with E-state index in [0.29, 0.717) is 4.83 Å². The first kappa shape index (κ1) is 10.4. The van der Waals surface area contributed by atoms with Crippen LogP contribution in [0.2, 0.25) is 0 Å². The van der Waals surface area contributed by atoms with E-state index in [9.17, 15) is 0 Å². The summed E-state index contributed by atoms with van der Waals surface area (Å²) in [6.45, 7) is 5.34. The van der Waals surface area contributed by atoms with Crippen molar-refractivity contribution in [1.29, 1.82) is 0 Å². The van der Waals surface area contributed by atoms with Crippen LogP contribution in [0.15, 0.2) is 0 Å². The zero-order valence-electron chi connectivity index (χ0n) is 7.06. The molecular weight excluding hydrogens is 192 g/mol. The number of halogens is 1. The summed E-state index contributed by atoms with van der Waals surface area (Å²) in [5.41, 5.74) is 0. The fraction of sp³-hybridized carbons (Fsp3) is 1.00. The summed E-state index contributed by atoms with van der Waals surface area (Å²) in [5, 5.41) is 0. The largest absolute Gasteiger partial charge is 0.385 e. The Morgan fingerprint density at radius 1 is 1.40 bits per heavy atom. The summed E-state index contributed by atoms with van der Waals surface area (Å²) < 4.78 is 4.96. The molecule has 0 aromatic rings. The van der Waals surface area contributed by atoms with Gasteiger partial charge in [-0.1, -0.05) is 29.8 Å². The van der Waals surface area contributed by atoms with Crippen LogP contribution in [0, 0.1) is 5.92 Å². The van der Waals surface area contributed by atoms with E-state index in [2.05, 4.69) is 29.8 Å². The van der Waals surface area contributed by atoms with Crippen LogP contribution in [0.25, 0.3) is 0 Å². The molecule has 0 aliphatic heterocycles. The van der Waals surface area contributed by atoms with E-state index in [4.69, 9.17) is 4.74 Å². The van der Waals surface area contributed by atoms with Gasteiger partial charge in [0.25, 0.3) is 0 Å². The molecule has 10 heavy (non-hydrogen) atoms. The minimum atomic E-state index is 0.629. The highest BCUT2D eigenvalue weighted by Crippen LogP contribution is 2.16. The number of hydrogen-bond donors (Lipinski definition) is 0. The summed E-state index contributed by atoms with van der Waals surface area (Å²) >= 11 is 3.55. The summed E-state index contributed by atoms with van der Waals surface area (Å²) in [6.07, 6.45) is 2.42. The van der Waals surface area contributed by atoms with Gasteiger partial charge in [0.15, 0.2) is 0 Å². The van der Waals surface area contributed by atoms with Crippen LogP contribution in [0.1, 0.15) is 26.7 Å². The van der Waals surface area contributed by atoms with Crippen LogP contribution >= 0.6 is 15.9 Å². The molecule has 1 nitrogen and oxygen atoms in total. The molecule has 0 saturated heterocycles. The van der Waals surface area contributed by atoms with E-state index in [0.717, 1.165) is 12.5 Å². The summed E-state index contributed by atoms with van der Waals surface area (Å²) in [6, 6.07) is 0. The van der Waals surface area contributed by atoms with Crippen molar-refractivity contribution in [2.24, 2.45) is 5.92 Å². The molecule has 2 atom stereocenters. The first-order valence-electron chi connectivity index (χ1n) is 3.81. The molecule has 0 heterocycles.